The van der Waals surface area contributed by atoms with Crippen LogP contribution in [0, 0.1) is 18.3 Å². The maximum atomic E-state index is 12.3. The molecule has 1 aromatic rings. The summed E-state index contributed by atoms with van der Waals surface area (Å²) in [5.74, 6) is 0.453. The lowest BCUT2D eigenvalue weighted by Crippen LogP contribution is -2.55. The number of thiocarbonyl (C=S) groups is 1. The summed E-state index contributed by atoms with van der Waals surface area (Å²) in [6.07, 6.45) is 3.41. The van der Waals surface area contributed by atoms with Gasteiger partial charge in [-0.15, -0.1) is 0 Å². The molecule has 1 amide bonds. The third kappa shape index (κ3) is 2.49. The second-order valence-electron chi connectivity index (χ2n) is 5.56. The molecule has 1 aliphatic rings. The lowest BCUT2D eigenvalue weighted by atomic mass is 9.62. The summed E-state index contributed by atoms with van der Waals surface area (Å²) in [4.78, 5) is 12.6. The van der Waals surface area contributed by atoms with E-state index < -0.39 is 5.41 Å². The number of aryl methyl sites for hydroxylation is 2. The number of nitrogens with two attached hydrogens (primary N) is 1. The van der Waals surface area contributed by atoms with Gasteiger partial charge in [-0.2, -0.15) is 5.10 Å². The van der Waals surface area contributed by atoms with E-state index in [0.717, 1.165) is 24.1 Å². The number of carbonyl (C=O) groups excluding carboxylic acids is 1. The van der Waals surface area contributed by atoms with Crippen LogP contribution in [0.4, 0.5) is 0 Å². The molecule has 19 heavy (non-hydrogen) atoms. The Hall–Kier alpha value is -1.43. The van der Waals surface area contributed by atoms with E-state index in [0.29, 0.717) is 17.5 Å². The van der Waals surface area contributed by atoms with Crippen molar-refractivity contribution < 1.29 is 4.79 Å². The third-order valence-electron chi connectivity index (χ3n) is 3.85. The first-order valence-corrected chi connectivity index (χ1v) is 6.83. The summed E-state index contributed by atoms with van der Waals surface area (Å²) >= 11 is 5.07. The summed E-state index contributed by atoms with van der Waals surface area (Å²) in [5, 5.41) is 7.19. The van der Waals surface area contributed by atoms with Crippen LogP contribution in [0.1, 0.15) is 31.0 Å². The molecule has 0 aliphatic heterocycles. The zero-order valence-electron chi connectivity index (χ0n) is 11.6. The monoisotopic (exact) mass is 280 g/mol. The van der Waals surface area contributed by atoms with Gasteiger partial charge >= 0.3 is 0 Å². The Morgan fingerprint density at radius 2 is 2.32 bits per heavy atom. The fraction of sp³-hybridized carbons (Fsp3) is 0.615. The number of rotatable bonds is 4. The third-order valence-corrected chi connectivity index (χ3v) is 4.25. The molecule has 1 aliphatic carbocycles. The molecule has 0 atom stereocenters. The zero-order chi connectivity index (χ0) is 14.2. The Morgan fingerprint density at radius 1 is 1.68 bits per heavy atom. The van der Waals surface area contributed by atoms with Crippen LogP contribution in [-0.4, -0.2) is 20.7 Å². The van der Waals surface area contributed by atoms with Crippen molar-refractivity contribution in [1.29, 1.82) is 0 Å². The van der Waals surface area contributed by atoms with Gasteiger partial charge in [0.25, 0.3) is 0 Å². The zero-order valence-corrected chi connectivity index (χ0v) is 12.4. The van der Waals surface area contributed by atoms with E-state index in [1.54, 1.807) is 4.68 Å². The van der Waals surface area contributed by atoms with E-state index >= 15 is 0 Å². The van der Waals surface area contributed by atoms with E-state index in [1.807, 2.05) is 20.2 Å². The maximum Gasteiger partial charge on any atom is 0.233 e. The predicted octanol–water partition coefficient (Wildman–Crippen LogP) is 1.05. The van der Waals surface area contributed by atoms with E-state index in [1.165, 1.54) is 0 Å². The van der Waals surface area contributed by atoms with Crippen LogP contribution < -0.4 is 11.1 Å². The molecule has 1 saturated carbocycles. The molecule has 104 valence electrons. The van der Waals surface area contributed by atoms with Crippen LogP contribution in [0.5, 0.6) is 0 Å². The molecule has 5 nitrogen and oxygen atoms in total. The largest absolute Gasteiger partial charge is 0.392 e. The van der Waals surface area contributed by atoms with Gasteiger partial charge in [0.05, 0.1) is 16.1 Å². The van der Waals surface area contributed by atoms with Gasteiger partial charge in [0.1, 0.15) is 0 Å². The molecular weight excluding hydrogens is 260 g/mol. The van der Waals surface area contributed by atoms with Gasteiger partial charge < -0.3 is 11.1 Å². The predicted molar refractivity (Wildman–Crippen MR) is 77.4 cm³/mol. The van der Waals surface area contributed by atoms with Crippen LogP contribution in [0.2, 0.25) is 0 Å². The van der Waals surface area contributed by atoms with Gasteiger partial charge in [-0.1, -0.05) is 19.1 Å². The quantitative estimate of drug-likeness (QED) is 0.809. The molecule has 0 bridgehead atoms. The van der Waals surface area contributed by atoms with E-state index in [9.17, 15) is 4.79 Å². The number of hydrogen-bond donors (Lipinski definition) is 2. The highest BCUT2D eigenvalue weighted by Gasteiger charge is 2.50. The molecular formula is C13H20N4OS. The fourth-order valence-electron chi connectivity index (χ4n) is 2.80. The van der Waals surface area contributed by atoms with Crippen molar-refractivity contribution in [2.45, 2.75) is 33.2 Å². The minimum absolute atomic E-state index is 0.0543. The Kier molecular flexibility index (Phi) is 3.62. The maximum absolute atomic E-state index is 12.3. The van der Waals surface area contributed by atoms with Gasteiger partial charge in [-0.25, -0.2) is 0 Å². The van der Waals surface area contributed by atoms with Gasteiger partial charge in [0.15, 0.2) is 0 Å². The molecule has 6 heteroatoms. The summed E-state index contributed by atoms with van der Waals surface area (Å²) in [6.45, 7) is 4.50. The Balaban J connectivity index is 2.01. The minimum atomic E-state index is -0.634. The Bertz CT molecular complexity index is 517. The Morgan fingerprint density at radius 3 is 2.74 bits per heavy atom. The average molecular weight is 280 g/mol. The van der Waals surface area contributed by atoms with Gasteiger partial charge in [-0.05, 0) is 25.7 Å². The van der Waals surface area contributed by atoms with Crippen molar-refractivity contribution in [3.8, 4) is 0 Å². The average Bonchev–Trinajstić information content (AvgIpc) is 2.59. The highest BCUT2D eigenvalue weighted by molar-refractivity contribution is 7.80. The molecule has 0 aromatic carbocycles. The Labute approximate surface area is 118 Å². The standard InChI is InChI=1S/C13H20N4OS/c1-8-4-13(5-8,11(14)19)12(18)15-6-10-7-17(3)16-9(10)2/h7-8H,4-6H2,1-3H3,(H2,14,19)(H,15,18). The molecule has 0 spiro atoms. The van der Waals surface area contributed by atoms with Gasteiger partial charge in [0.2, 0.25) is 5.91 Å². The topological polar surface area (TPSA) is 72.9 Å². The van der Waals surface area contributed by atoms with Gasteiger partial charge in [-0.3, -0.25) is 9.48 Å². The van der Waals surface area contributed by atoms with Crippen molar-refractivity contribution >= 4 is 23.1 Å². The van der Waals surface area contributed by atoms with Crippen LogP contribution in [0.3, 0.4) is 0 Å². The normalized spacial score (nSPS) is 25.7. The second kappa shape index (κ2) is 4.92. The molecule has 1 fully saturated rings. The highest BCUT2D eigenvalue weighted by atomic mass is 32.1. The fourth-order valence-corrected chi connectivity index (χ4v) is 3.05. The molecule has 3 N–H and O–H groups in total. The van der Waals surface area contributed by atoms with Crippen LogP contribution in [0.15, 0.2) is 6.20 Å². The van der Waals surface area contributed by atoms with Gasteiger partial charge in [0, 0.05) is 25.4 Å². The van der Waals surface area contributed by atoms with Crippen molar-refractivity contribution in [2.24, 2.45) is 24.1 Å². The van der Waals surface area contributed by atoms with E-state index in [4.69, 9.17) is 18.0 Å². The van der Waals surface area contributed by atoms with E-state index in [2.05, 4.69) is 17.3 Å². The molecule has 1 heterocycles. The van der Waals surface area contributed by atoms with Crippen LogP contribution in [0.25, 0.3) is 0 Å². The van der Waals surface area contributed by atoms with Crippen LogP contribution in [-0.2, 0) is 18.4 Å². The van der Waals surface area contributed by atoms with Crippen molar-refractivity contribution in [3.63, 3.8) is 0 Å². The highest BCUT2D eigenvalue weighted by Crippen LogP contribution is 2.45. The SMILES string of the molecule is Cc1nn(C)cc1CNC(=O)C1(C(N)=S)CC(C)C1. The summed E-state index contributed by atoms with van der Waals surface area (Å²) in [6, 6.07) is 0. The van der Waals surface area contributed by atoms with Crippen LogP contribution >= 0.6 is 12.2 Å². The number of nitrogens with zero attached hydrogens (tertiary/aromatic N) is 2. The molecule has 0 saturated heterocycles. The number of aromatic nitrogens is 2. The molecule has 2 rings (SSSR count). The minimum Gasteiger partial charge on any atom is -0.392 e. The summed E-state index contributed by atoms with van der Waals surface area (Å²) in [5.41, 5.74) is 7.06. The summed E-state index contributed by atoms with van der Waals surface area (Å²) in [7, 11) is 1.86. The molecule has 0 radical (unpaired) electrons. The first-order valence-electron chi connectivity index (χ1n) is 6.42. The number of amides is 1. The first-order chi connectivity index (χ1) is 8.85. The number of carbonyl (C=O) groups is 1. The number of nitrogens with one attached hydrogen (secondary N) is 1. The van der Waals surface area contributed by atoms with Crippen molar-refractivity contribution in [1.82, 2.24) is 15.1 Å². The van der Waals surface area contributed by atoms with Crippen molar-refractivity contribution in [2.75, 3.05) is 0 Å². The second-order valence-corrected chi connectivity index (χ2v) is 6.00. The lowest BCUT2D eigenvalue weighted by molar-refractivity contribution is -0.133. The van der Waals surface area contributed by atoms with E-state index in [-0.39, 0.29) is 5.91 Å². The smallest absolute Gasteiger partial charge is 0.233 e. The molecule has 1 aromatic heterocycles. The number of hydrogen-bond acceptors (Lipinski definition) is 3. The lowest BCUT2D eigenvalue weighted by Gasteiger charge is -2.44. The summed E-state index contributed by atoms with van der Waals surface area (Å²) < 4.78 is 1.74. The molecule has 0 unspecified atom stereocenters. The van der Waals surface area contributed by atoms with Crippen molar-refractivity contribution in [3.05, 3.63) is 17.5 Å². The first kappa shape index (κ1) is 14.0.